The van der Waals surface area contributed by atoms with Crippen molar-refractivity contribution in [1.29, 1.82) is 0 Å². The Hall–Kier alpha value is -2.59. The lowest BCUT2D eigenvalue weighted by atomic mass is 10.0. The zero-order valence-corrected chi connectivity index (χ0v) is 16.3. The maximum absolute atomic E-state index is 12.0. The fourth-order valence-corrected chi connectivity index (χ4v) is 4.06. The van der Waals surface area contributed by atoms with Crippen molar-refractivity contribution in [1.82, 2.24) is 0 Å². The third-order valence-corrected chi connectivity index (χ3v) is 5.81. The smallest absolute Gasteiger partial charge is 0.336 e. The first-order valence-corrected chi connectivity index (χ1v) is 9.69. The average Bonchev–Trinajstić information content (AvgIpc) is 2.64. The first-order chi connectivity index (χ1) is 13.0. The number of quaternary nitrogens is 1. The summed E-state index contributed by atoms with van der Waals surface area (Å²) in [5, 5.41) is 1.08. The molecule has 4 heteroatoms. The van der Waals surface area contributed by atoms with Gasteiger partial charge in [0.05, 0.1) is 26.2 Å². The van der Waals surface area contributed by atoms with Crippen molar-refractivity contribution in [3.63, 3.8) is 0 Å². The zero-order valence-electron chi connectivity index (χ0n) is 16.3. The number of hydrogen-bond donors (Lipinski definition) is 1. The molecule has 1 aromatic heterocycles. The van der Waals surface area contributed by atoms with Gasteiger partial charge < -0.3 is 14.2 Å². The lowest BCUT2D eigenvalue weighted by molar-refractivity contribution is -0.914. The van der Waals surface area contributed by atoms with Gasteiger partial charge in [-0.15, -0.1) is 0 Å². The van der Waals surface area contributed by atoms with Crippen molar-refractivity contribution in [2.24, 2.45) is 0 Å². The number of benzene rings is 2. The summed E-state index contributed by atoms with van der Waals surface area (Å²) in [4.78, 5) is 16.0. The SMILES string of the molecule is Cc1cc2oc(=O)cc(C[NH+]3CCN(c4ccccc4C)CC3)c2cc1C. The monoisotopic (exact) mass is 363 g/mol. The summed E-state index contributed by atoms with van der Waals surface area (Å²) >= 11 is 0. The lowest BCUT2D eigenvalue weighted by Crippen LogP contribution is -3.13. The molecule has 2 heterocycles. The summed E-state index contributed by atoms with van der Waals surface area (Å²) < 4.78 is 5.44. The van der Waals surface area contributed by atoms with Gasteiger partial charge >= 0.3 is 5.63 Å². The fraction of sp³-hybridized carbons (Fsp3) is 0.348. The van der Waals surface area contributed by atoms with Crippen molar-refractivity contribution in [2.45, 2.75) is 27.3 Å². The van der Waals surface area contributed by atoms with Gasteiger partial charge in [0, 0.05) is 22.7 Å². The van der Waals surface area contributed by atoms with Crippen molar-refractivity contribution < 1.29 is 9.32 Å². The fourth-order valence-electron chi connectivity index (χ4n) is 4.06. The molecule has 0 amide bonds. The van der Waals surface area contributed by atoms with Crippen LogP contribution < -0.4 is 15.4 Å². The average molecular weight is 363 g/mol. The van der Waals surface area contributed by atoms with E-state index in [2.05, 4.69) is 56.0 Å². The molecule has 0 bridgehead atoms. The number of piperazine rings is 1. The predicted molar refractivity (Wildman–Crippen MR) is 110 cm³/mol. The molecule has 0 saturated carbocycles. The minimum atomic E-state index is -0.251. The van der Waals surface area contributed by atoms with E-state index in [9.17, 15) is 4.79 Å². The van der Waals surface area contributed by atoms with Gasteiger partial charge in [0.25, 0.3) is 0 Å². The van der Waals surface area contributed by atoms with Gasteiger partial charge in [-0.1, -0.05) is 18.2 Å². The standard InChI is InChI=1S/C23H26N2O2/c1-16-6-4-5-7-21(16)25-10-8-24(9-11-25)15-19-14-23(26)27-22-13-18(3)17(2)12-20(19)22/h4-7,12-14H,8-11,15H2,1-3H3/p+1. The Morgan fingerprint density at radius 2 is 1.67 bits per heavy atom. The second kappa shape index (κ2) is 7.20. The Kier molecular flexibility index (Phi) is 4.75. The molecule has 0 radical (unpaired) electrons. The molecule has 0 atom stereocenters. The van der Waals surface area contributed by atoms with Gasteiger partial charge in [-0.2, -0.15) is 0 Å². The van der Waals surface area contributed by atoms with E-state index in [-0.39, 0.29) is 5.63 Å². The Bertz CT molecular complexity index is 1030. The van der Waals surface area contributed by atoms with Crippen molar-refractivity contribution in [3.8, 4) is 0 Å². The highest BCUT2D eigenvalue weighted by Crippen LogP contribution is 2.22. The normalized spacial score (nSPS) is 15.4. The van der Waals surface area contributed by atoms with Gasteiger partial charge in [0.1, 0.15) is 12.1 Å². The maximum Gasteiger partial charge on any atom is 0.336 e. The van der Waals surface area contributed by atoms with Crippen LogP contribution in [-0.2, 0) is 6.54 Å². The molecule has 3 aromatic rings. The lowest BCUT2D eigenvalue weighted by Gasteiger charge is -2.34. The molecular formula is C23H27N2O2+. The summed E-state index contributed by atoms with van der Waals surface area (Å²) in [6.07, 6.45) is 0. The maximum atomic E-state index is 12.0. The van der Waals surface area contributed by atoms with Gasteiger partial charge in [-0.3, -0.25) is 0 Å². The molecule has 0 aliphatic carbocycles. The van der Waals surface area contributed by atoms with Crippen LogP contribution in [0.15, 0.2) is 51.7 Å². The highest BCUT2D eigenvalue weighted by Gasteiger charge is 2.22. The van der Waals surface area contributed by atoms with Crippen molar-refractivity contribution in [2.75, 3.05) is 31.1 Å². The molecule has 1 N–H and O–H groups in total. The predicted octanol–water partition coefficient (Wildman–Crippen LogP) is 2.62. The van der Waals surface area contributed by atoms with Crippen LogP contribution >= 0.6 is 0 Å². The number of aryl methyl sites for hydroxylation is 3. The zero-order chi connectivity index (χ0) is 19.0. The van der Waals surface area contributed by atoms with Gasteiger partial charge in [-0.25, -0.2) is 4.79 Å². The number of anilines is 1. The number of para-hydroxylation sites is 1. The van der Waals surface area contributed by atoms with E-state index in [1.807, 2.05) is 6.07 Å². The first kappa shape index (κ1) is 17.8. The minimum Gasteiger partial charge on any atom is -0.423 e. The Morgan fingerprint density at radius 3 is 2.41 bits per heavy atom. The quantitative estimate of drug-likeness (QED) is 0.727. The first-order valence-electron chi connectivity index (χ1n) is 9.69. The van der Waals surface area contributed by atoms with Crippen LogP contribution in [0.5, 0.6) is 0 Å². The number of rotatable bonds is 3. The van der Waals surface area contributed by atoms with E-state index in [4.69, 9.17) is 4.42 Å². The molecule has 2 aromatic carbocycles. The Balaban J connectivity index is 1.53. The topological polar surface area (TPSA) is 37.9 Å². The van der Waals surface area contributed by atoms with E-state index < -0.39 is 0 Å². The molecule has 140 valence electrons. The number of nitrogens with one attached hydrogen (secondary N) is 1. The van der Waals surface area contributed by atoms with Gasteiger partial charge in [0.2, 0.25) is 0 Å². The minimum absolute atomic E-state index is 0.251. The second-order valence-corrected chi connectivity index (χ2v) is 7.72. The molecule has 0 spiro atoms. The van der Waals surface area contributed by atoms with Crippen molar-refractivity contribution >= 4 is 16.7 Å². The van der Waals surface area contributed by atoms with E-state index in [1.54, 1.807) is 6.07 Å². The van der Waals surface area contributed by atoms with Crippen molar-refractivity contribution in [3.05, 3.63) is 75.1 Å². The van der Waals surface area contributed by atoms with Crippen LogP contribution in [0.4, 0.5) is 5.69 Å². The largest absolute Gasteiger partial charge is 0.423 e. The summed E-state index contributed by atoms with van der Waals surface area (Å²) in [6, 6.07) is 14.4. The van der Waals surface area contributed by atoms with E-state index in [0.29, 0.717) is 5.58 Å². The molecule has 1 aliphatic heterocycles. The number of nitrogens with zero attached hydrogens (tertiary/aromatic N) is 1. The molecule has 1 fully saturated rings. The van der Waals surface area contributed by atoms with Crippen LogP contribution in [0.2, 0.25) is 0 Å². The van der Waals surface area contributed by atoms with Gasteiger partial charge in [-0.05, 0) is 55.7 Å². The van der Waals surface area contributed by atoms with Crippen LogP contribution in [0, 0.1) is 20.8 Å². The van der Waals surface area contributed by atoms with Crippen LogP contribution in [-0.4, -0.2) is 26.2 Å². The van der Waals surface area contributed by atoms with E-state index in [0.717, 1.165) is 49.2 Å². The third kappa shape index (κ3) is 3.62. The van der Waals surface area contributed by atoms with Gasteiger partial charge in [0.15, 0.2) is 0 Å². The molecule has 4 nitrogen and oxygen atoms in total. The summed E-state index contributed by atoms with van der Waals surface area (Å²) in [5.74, 6) is 0. The van der Waals surface area contributed by atoms with Crippen LogP contribution in [0.25, 0.3) is 11.0 Å². The highest BCUT2D eigenvalue weighted by atomic mass is 16.4. The highest BCUT2D eigenvalue weighted by molar-refractivity contribution is 5.81. The molecule has 4 rings (SSSR count). The molecular weight excluding hydrogens is 336 g/mol. The summed E-state index contributed by atoms with van der Waals surface area (Å²) in [5.41, 5.74) is 6.62. The second-order valence-electron chi connectivity index (χ2n) is 7.72. The van der Waals surface area contributed by atoms with E-state index in [1.165, 1.54) is 21.7 Å². The van der Waals surface area contributed by atoms with Crippen LogP contribution in [0.3, 0.4) is 0 Å². The number of fused-ring (bicyclic) bond motifs is 1. The molecule has 0 unspecified atom stereocenters. The van der Waals surface area contributed by atoms with Crippen LogP contribution in [0.1, 0.15) is 22.3 Å². The molecule has 1 aliphatic rings. The third-order valence-electron chi connectivity index (χ3n) is 5.81. The Labute approximate surface area is 160 Å². The Morgan fingerprint density at radius 1 is 0.963 bits per heavy atom. The summed E-state index contributed by atoms with van der Waals surface area (Å²) in [6.45, 7) is 11.4. The van der Waals surface area contributed by atoms with E-state index >= 15 is 0 Å². The molecule has 27 heavy (non-hydrogen) atoms. The summed E-state index contributed by atoms with van der Waals surface area (Å²) in [7, 11) is 0. The number of hydrogen-bond acceptors (Lipinski definition) is 3. The molecule has 1 saturated heterocycles.